The maximum atomic E-state index is 6.06. The van der Waals surface area contributed by atoms with Crippen LogP contribution in [0.5, 0.6) is 0 Å². The molecule has 0 saturated heterocycles. The first-order valence-corrected chi connectivity index (χ1v) is 16.6. The smallest absolute Gasteiger partial charge is 0.159 e. The Morgan fingerprint density at radius 1 is 0.360 bits per heavy atom. The summed E-state index contributed by atoms with van der Waals surface area (Å²) in [5.41, 5.74) is 13.1. The molecule has 6 aromatic carbocycles. The minimum absolute atomic E-state index is 0.683. The fraction of sp³-hybridized carbons (Fsp3) is 0. The molecule has 0 fully saturated rings. The maximum Gasteiger partial charge on any atom is 0.159 e. The van der Waals surface area contributed by atoms with Crippen molar-refractivity contribution >= 4 is 43.9 Å². The molecule has 10 aromatic rings. The standard InChI is InChI=1S/C45H27N3O2/c1-2-13-41-36(12-1)37-25-32(14-16-42(37)49-41)30-8-4-10-34(23-30)40-18-21-47-45(48-40)35-11-5-9-31(24-35)28-6-3-7-29(22-28)33-15-17-43-38(26-33)39-27-46-20-19-44(39)50-43/h1-27H. The molecule has 0 bridgehead atoms. The van der Waals surface area contributed by atoms with E-state index in [1.165, 1.54) is 0 Å². The first kappa shape index (κ1) is 28.2. The zero-order valence-electron chi connectivity index (χ0n) is 26.7. The first-order valence-electron chi connectivity index (χ1n) is 16.6. The molecule has 0 spiro atoms. The lowest BCUT2D eigenvalue weighted by Crippen LogP contribution is -1.92. The van der Waals surface area contributed by atoms with Gasteiger partial charge in [0.1, 0.15) is 22.3 Å². The topological polar surface area (TPSA) is 65.0 Å². The van der Waals surface area contributed by atoms with Crippen molar-refractivity contribution in [2.45, 2.75) is 0 Å². The van der Waals surface area contributed by atoms with Crippen molar-refractivity contribution in [2.24, 2.45) is 0 Å². The molecule has 10 rings (SSSR count). The highest BCUT2D eigenvalue weighted by Crippen LogP contribution is 2.36. The number of pyridine rings is 1. The molecule has 4 heterocycles. The lowest BCUT2D eigenvalue weighted by molar-refractivity contribution is 0.668. The van der Waals surface area contributed by atoms with Crippen LogP contribution >= 0.6 is 0 Å². The van der Waals surface area contributed by atoms with E-state index >= 15 is 0 Å². The van der Waals surface area contributed by atoms with Crippen molar-refractivity contribution in [2.75, 3.05) is 0 Å². The fourth-order valence-corrected chi connectivity index (χ4v) is 6.94. The zero-order chi connectivity index (χ0) is 33.0. The van der Waals surface area contributed by atoms with E-state index in [2.05, 4.69) is 119 Å². The molecular formula is C45H27N3O2. The minimum atomic E-state index is 0.683. The second-order valence-corrected chi connectivity index (χ2v) is 12.5. The molecular weight excluding hydrogens is 615 g/mol. The lowest BCUT2D eigenvalue weighted by Gasteiger charge is -2.09. The number of hydrogen-bond acceptors (Lipinski definition) is 5. The lowest BCUT2D eigenvalue weighted by atomic mass is 9.97. The Kier molecular flexibility index (Phi) is 6.42. The summed E-state index contributed by atoms with van der Waals surface area (Å²) >= 11 is 0. The van der Waals surface area contributed by atoms with Crippen LogP contribution in [0.3, 0.4) is 0 Å². The van der Waals surface area contributed by atoms with Gasteiger partial charge in [-0.15, -0.1) is 0 Å². The van der Waals surface area contributed by atoms with E-state index in [1.807, 2.05) is 48.8 Å². The number of para-hydroxylation sites is 1. The van der Waals surface area contributed by atoms with Crippen molar-refractivity contribution in [3.8, 4) is 56.0 Å². The fourth-order valence-electron chi connectivity index (χ4n) is 6.94. The van der Waals surface area contributed by atoms with Crippen LogP contribution in [0.1, 0.15) is 0 Å². The van der Waals surface area contributed by atoms with Crippen LogP contribution in [0.2, 0.25) is 0 Å². The summed E-state index contributed by atoms with van der Waals surface area (Å²) in [7, 11) is 0. The Hall–Kier alpha value is -6.85. The van der Waals surface area contributed by atoms with Crippen molar-refractivity contribution in [3.63, 3.8) is 0 Å². The van der Waals surface area contributed by atoms with Crippen LogP contribution < -0.4 is 0 Å². The van der Waals surface area contributed by atoms with Crippen molar-refractivity contribution in [1.82, 2.24) is 15.0 Å². The molecule has 0 N–H and O–H groups in total. The van der Waals surface area contributed by atoms with Gasteiger partial charge >= 0.3 is 0 Å². The van der Waals surface area contributed by atoms with Crippen molar-refractivity contribution in [3.05, 3.63) is 164 Å². The molecule has 0 aliphatic heterocycles. The average Bonchev–Trinajstić information content (AvgIpc) is 3.76. The molecule has 0 aliphatic rings. The van der Waals surface area contributed by atoms with Gasteiger partial charge in [-0.2, -0.15) is 0 Å². The molecule has 0 saturated carbocycles. The summed E-state index contributed by atoms with van der Waals surface area (Å²) in [6.07, 6.45) is 5.46. The average molecular weight is 642 g/mol. The van der Waals surface area contributed by atoms with Crippen LogP contribution in [0, 0.1) is 0 Å². The summed E-state index contributed by atoms with van der Waals surface area (Å²) < 4.78 is 12.1. The SMILES string of the molecule is c1cc(-c2cccc(-c3nccc(-c4cccc(-c5ccc6oc7ccccc7c6c5)c4)n3)c2)cc(-c2ccc3oc4ccncc4c3c2)c1. The molecule has 4 aromatic heterocycles. The van der Waals surface area contributed by atoms with E-state index in [-0.39, 0.29) is 0 Å². The van der Waals surface area contributed by atoms with Crippen LogP contribution in [-0.2, 0) is 0 Å². The van der Waals surface area contributed by atoms with Crippen LogP contribution in [-0.4, -0.2) is 15.0 Å². The molecule has 5 heteroatoms. The van der Waals surface area contributed by atoms with E-state index in [4.69, 9.17) is 13.8 Å². The number of fused-ring (bicyclic) bond motifs is 6. The number of aromatic nitrogens is 3. The van der Waals surface area contributed by atoms with E-state index in [0.717, 1.165) is 94.1 Å². The predicted octanol–water partition coefficient (Wildman–Crippen LogP) is 12.0. The second kappa shape index (κ2) is 11.4. The van der Waals surface area contributed by atoms with Gasteiger partial charge in [0, 0.05) is 51.3 Å². The Balaban J connectivity index is 0.968. The predicted molar refractivity (Wildman–Crippen MR) is 202 cm³/mol. The molecule has 0 amide bonds. The largest absolute Gasteiger partial charge is 0.456 e. The molecule has 0 aliphatic carbocycles. The summed E-state index contributed by atoms with van der Waals surface area (Å²) in [6, 6.07) is 50.3. The van der Waals surface area contributed by atoms with Gasteiger partial charge in [-0.3, -0.25) is 4.98 Å². The van der Waals surface area contributed by atoms with E-state index in [1.54, 1.807) is 6.20 Å². The molecule has 0 atom stereocenters. The third kappa shape index (κ3) is 4.83. The number of benzene rings is 6. The number of nitrogens with zero attached hydrogens (tertiary/aromatic N) is 3. The molecule has 234 valence electrons. The van der Waals surface area contributed by atoms with Gasteiger partial charge in [0.25, 0.3) is 0 Å². The van der Waals surface area contributed by atoms with Gasteiger partial charge in [0.2, 0.25) is 0 Å². The number of furan rings is 2. The van der Waals surface area contributed by atoms with Crippen LogP contribution in [0.25, 0.3) is 99.9 Å². The Bertz CT molecular complexity index is 2700. The summed E-state index contributed by atoms with van der Waals surface area (Å²) in [6.45, 7) is 0. The van der Waals surface area contributed by atoms with Gasteiger partial charge < -0.3 is 8.83 Å². The summed E-state index contributed by atoms with van der Waals surface area (Å²) in [4.78, 5) is 14.0. The zero-order valence-corrected chi connectivity index (χ0v) is 26.7. The molecule has 0 radical (unpaired) electrons. The molecule has 0 unspecified atom stereocenters. The minimum Gasteiger partial charge on any atom is -0.456 e. The highest BCUT2D eigenvalue weighted by atomic mass is 16.3. The van der Waals surface area contributed by atoms with E-state index in [0.29, 0.717) is 5.82 Å². The molecule has 5 nitrogen and oxygen atoms in total. The number of rotatable bonds is 5. The van der Waals surface area contributed by atoms with Crippen LogP contribution in [0.4, 0.5) is 0 Å². The Morgan fingerprint density at radius 3 is 1.62 bits per heavy atom. The van der Waals surface area contributed by atoms with E-state index in [9.17, 15) is 0 Å². The Labute approximate surface area is 287 Å². The summed E-state index contributed by atoms with van der Waals surface area (Å²) in [5, 5.41) is 4.32. The normalized spacial score (nSPS) is 11.6. The second-order valence-electron chi connectivity index (χ2n) is 12.5. The van der Waals surface area contributed by atoms with Gasteiger partial charge in [0.15, 0.2) is 5.82 Å². The quantitative estimate of drug-likeness (QED) is 0.187. The third-order valence-corrected chi connectivity index (χ3v) is 9.44. The van der Waals surface area contributed by atoms with Crippen LogP contribution in [0.15, 0.2) is 173 Å². The van der Waals surface area contributed by atoms with Crippen molar-refractivity contribution in [1.29, 1.82) is 0 Å². The van der Waals surface area contributed by atoms with E-state index < -0.39 is 0 Å². The molecule has 50 heavy (non-hydrogen) atoms. The summed E-state index contributed by atoms with van der Waals surface area (Å²) in [5.74, 6) is 0.683. The van der Waals surface area contributed by atoms with Gasteiger partial charge in [0.05, 0.1) is 5.69 Å². The van der Waals surface area contributed by atoms with Gasteiger partial charge in [-0.25, -0.2) is 9.97 Å². The number of hydrogen-bond donors (Lipinski definition) is 0. The highest BCUT2D eigenvalue weighted by Gasteiger charge is 2.12. The first-order chi connectivity index (χ1) is 24.7. The van der Waals surface area contributed by atoms with Gasteiger partial charge in [-0.1, -0.05) is 84.9 Å². The third-order valence-electron chi connectivity index (χ3n) is 9.44. The Morgan fingerprint density at radius 2 is 0.900 bits per heavy atom. The maximum absolute atomic E-state index is 6.06. The van der Waals surface area contributed by atoms with Gasteiger partial charge in [-0.05, 0) is 94.0 Å². The monoisotopic (exact) mass is 641 g/mol. The van der Waals surface area contributed by atoms with Crippen molar-refractivity contribution < 1.29 is 8.83 Å². The highest BCUT2D eigenvalue weighted by molar-refractivity contribution is 6.07.